The standard InChI is InChI=1S/C30H38O4S/c1-26(2)17(18-6-7-19(35-18)24(31)32)8-13-27(3)20(26)10-15-29-21(27)11-16-30(29)22-5-4-12-28(22,25(33)34)14-9-23(29)30/h6-8,20-23H,4-5,9-16H2,1-3H3,(H,31,32)(H,33,34)/t20?,21?,22?,23?,27-,28-,29?,30?/m0/s1. The number of aliphatic carboxylic acids is 1. The summed E-state index contributed by atoms with van der Waals surface area (Å²) < 4.78 is 0. The highest BCUT2D eigenvalue weighted by molar-refractivity contribution is 7.15. The molecule has 0 bridgehead atoms. The molecule has 7 rings (SSSR count). The molecule has 6 aliphatic rings. The highest BCUT2D eigenvalue weighted by Gasteiger charge is 2.88. The van der Waals surface area contributed by atoms with E-state index in [1.165, 1.54) is 42.6 Å². The number of hydrogen-bond acceptors (Lipinski definition) is 3. The first-order valence-electron chi connectivity index (χ1n) is 13.8. The van der Waals surface area contributed by atoms with Crippen LogP contribution in [0.1, 0.15) is 99.5 Å². The summed E-state index contributed by atoms with van der Waals surface area (Å²) >= 11 is 1.42. The Balaban J connectivity index is 1.27. The number of allylic oxidation sites excluding steroid dienone is 2. The molecule has 8 atom stereocenters. The zero-order valence-corrected chi connectivity index (χ0v) is 22.0. The minimum atomic E-state index is -0.836. The first-order chi connectivity index (χ1) is 16.6. The maximum atomic E-state index is 12.6. The second-order valence-corrected chi connectivity index (χ2v) is 14.9. The van der Waals surface area contributed by atoms with Gasteiger partial charge in [-0.2, -0.15) is 0 Å². The second kappa shape index (κ2) is 6.62. The third-order valence-corrected chi connectivity index (χ3v) is 14.1. The smallest absolute Gasteiger partial charge is 0.345 e. The van der Waals surface area contributed by atoms with Crippen molar-refractivity contribution in [1.29, 1.82) is 0 Å². The SMILES string of the molecule is CC1(C)C(c2ccc(C(=O)O)s2)=CC[C@@]2(C)C1CCC13C4CC[C@@]5(C(=O)O)CCCC5C41CCC32. The summed E-state index contributed by atoms with van der Waals surface area (Å²) in [6.07, 6.45) is 13.7. The molecule has 0 saturated heterocycles. The molecule has 0 radical (unpaired) electrons. The average molecular weight is 495 g/mol. The zero-order chi connectivity index (χ0) is 24.6. The summed E-state index contributed by atoms with van der Waals surface area (Å²) in [5, 5.41) is 19.8. The number of rotatable bonds is 3. The van der Waals surface area contributed by atoms with Gasteiger partial charge in [-0.15, -0.1) is 11.3 Å². The molecule has 1 aromatic heterocycles. The summed E-state index contributed by atoms with van der Waals surface area (Å²) in [7, 11) is 0. The fraction of sp³-hybridized carbons (Fsp3) is 0.733. The van der Waals surface area contributed by atoms with Crippen LogP contribution in [0.2, 0.25) is 0 Å². The van der Waals surface area contributed by atoms with E-state index in [0.29, 0.717) is 33.5 Å². The van der Waals surface area contributed by atoms with Crippen molar-refractivity contribution in [2.24, 2.45) is 50.7 Å². The predicted molar refractivity (Wildman–Crippen MR) is 136 cm³/mol. The van der Waals surface area contributed by atoms with Crippen LogP contribution in [0.4, 0.5) is 0 Å². The van der Waals surface area contributed by atoms with Crippen molar-refractivity contribution in [3.63, 3.8) is 0 Å². The molecular weight excluding hydrogens is 456 g/mol. The fourth-order valence-electron chi connectivity index (χ4n) is 12.2. The quantitative estimate of drug-likeness (QED) is 0.460. The lowest BCUT2D eigenvalue weighted by atomic mass is 9.45. The third kappa shape index (κ3) is 2.32. The van der Waals surface area contributed by atoms with Gasteiger partial charge in [-0.05, 0) is 121 Å². The van der Waals surface area contributed by atoms with Gasteiger partial charge in [0.1, 0.15) is 4.88 Å². The van der Waals surface area contributed by atoms with Gasteiger partial charge in [-0.3, -0.25) is 4.79 Å². The molecular formula is C30H38O4S. The minimum absolute atomic E-state index is 0.00321. The summed E-state index contributed by atoms with van der Waals surface area (Å²) in [5.74, 6) is 1.09. The van der Waals surface area contributed by atoms with Crippen molar-refractivity contribution in [3.8, 4) is 0 Å². The number of carbonyl (C=O) groups is 2. The van der Waals surface area contributed by atoms with E-state index in [4.69, 9.17) is 0 Å². The number of aromatic carboxylic acids is 1. The van der Waals surface area contributed by atoms with E-state index in [1.54, 1.807) is 6.07 Å². The van der Waals surface area contributed by atoms with Crippen molar-refractivity contribution in [2.45, 2.75) is 85.0 Å². The largest absolute Gasteiger partial charge is 0.481 e. The first-order valence-corrected chi connectivity index (χ1v) is 14.6. The van der Waals surface area contributed by atoms with Crippen molar-refractivity contribution < 1.29 is 19.8 Å². The van der Waals surface area contributed by atoms with E-state index in [2.05, 4.69) is 26.8 Å². The number of thiophene rings is 1. The van der Waals surface area contributed by atoms with E-state index >= 15 is 0 Å². The van der Waals surface area contributed by atoms with Crippen molar-refractivity contribution >= 4 is 28.8 Å². The Labute approximate surface area is 212 Å². The zero-order valence-electron chi connectivity index (χ0n) is 21.2. The van der Waals surface area contributed by atoms with Gasteiger partial charge in [0.2, 0.25) is 0 Å². The Hall–Kier alpha value is -1.62. The molecule has 5 fully saturated rings. The second-order valence-electron chi connectivity index (χ2n) is 13.8. The van der Waals surface area contributed by atoms with Crippen LogP contribution in [0.3, 0.4) is 0 Å². The lowest BCUT2D eigenvalue weighted by Gasteiger charge is -2.59. The molecule has 0 aromatic carbocycles. The number of carboxylic acid groups (broad SMARTS) is 2. The lowest BCUT2D eigenvalue weighted by molar-refractivity contribution is -0.156. The van der Waals surface area contributed by atoms with Crippen LogP contribution >= 0.6 is 11.3 Å². The normalized spacial score (nSPS) is 48.6. The Kier molecular flexibility index (Phi) is 4.27. The van der Waals surface area contributed by atoms with E-state index in [-0.39, 0.29) is 10.8 Å². The molecule has 2 N–H and O–H groups in total. The molecule has 4 nitrogen and oxygen atoms in total. The highest BCUT2D eigenvalue weighted by atomic mass is 32.1. The van der Waals surface area contributed by atoms with Crippen LogP contribution in [0.15, 0.2) is 18.2 Å². The summed E-state index contributed by atoms with van der Waals surface area (Å²) in [6.45, 7) is 7.37. The Morgan fingerprint density at radius 2 is 1.54 bits per heavy atom. The van der Waals surface area contributed by atoms with Gasteiger partial charge < -0.3 is 10.2 Å². The maximum Gasteiger partial charge on any atom is 0.345 e. The third-order valence-electron chi connectivity index (χ3n) is 13.0. The van der Waals surface area contributed by atoms with E-state index in [9.17, 15) is 19.8 Å². The molecule has 1 aromatic rings. The van der Waals surface area contributed by atoms with Crippen molar-refractivity contribution in [1.82, 2.24) is 0 Å². The van der Waals surface area contributed by atoms with E-state index in [0.717, 1.165) is 49.3 Å². The van der Waals surface area contributed by atoms with Crippen LogP contribution in [-0.4, -0.2) is 22.2 Å². The van der Waals surface area contributed by atoms with Gasteiger partial charge in [0, 0.05) is 4.88 Å². The van der Waals surface area contributed by atoms with Gasteiger partial charge in [0.15, 0.2) is 0 Å². The monoisotopic (exact) mass is 494 g/mol. The number of hydrogen-bond donors (Lipinski definition) is 2. The van der Waals surface area contributed by atoms with Crippen molar-refractivity contribution in [3.05, 3.63) is 28.0 Å². The van der Waals surface area contributed by atoms with Crippen molar-refractivity contribution in [2.75, 3.05) is 0 Å². The Bertz CT molecular complexity index is 1180. The molecule has 1 heterocycles. The molecule has 6 unspecified atom stereocenters. The number of fused-ring (bicyclic) bond motifs is 3. The van der Waals surface area contributed by atoms with Gasteiger partial charge in [-0.25, -0.2) is 4.79 Å². The predicted octanol–water partition coefficient (Wildman–Crippen LogP) is 7.35. The topological polar surface area (TPSA) is 74.6 Å². The molecule has 0 amide bonds. The molecule has 35 heavy (non-hydrogen) atoms. The van der Waals surface area contributed by atoms with Crippen LogP contribution in [0, 0.1) is 50.7 Å². The molecule has 5 saturated carbocycles. The average Bonchev–Trinajstić information content (AvgIpc) is 3.31. The highest BCUT2D eigenvalue weighted by Crippen LogP contribution is 2.94. The minimum Gasteiger partial charge on any atom is -0.481 e. The fourth-order valence-corrected chi connectivity index (χ4v) is 13.3. The van der Waals surface area contributed by atoms with Gasteiger partial charge in [0.05, 0.1) is 5.41 Å². The maximum absolute atomic E-state index is 12.6. The van der Waals surface area contributed by atoms with Gasteiger partial charge in [0.25, 0.3) is 0 Å². The molecule has 2 spiro atoms. The Morgan fingerprint density at radius 1 is 0.857 bits per heavy atom. The van der Waals surface area contributed by atoms with Crippen LogP contribution < -0.4 is 0 Å². The van der Waals surface area contributed by atoms with E-state index < -0.39 is 17.4 Å². The van der Waals surface area contributed by atoms with Crippen LogP contribution in [0.25, 0.3) is 5.57 Å². The summed E-state index contributed by atoms with van der Waals surface area (Å²) in [6, 6.07) is 3.77. The van der Waals surface area contributed by atoms with Gasteiger partial charge in [-0.1, -0.05) is 33.3 Å². The van der Waals surface area contributed by atoms with E-state index in [1.807, 2.05) is 6.07 Å². The lowest BCUT2D eigenvalue weighted by Crippen LogP contribution is -2.52. The van der Waals surface area contributed by atoms with Crippen LogP contribution in [0.5, 0.6) is 0 Å². The Morgan fingerprint density at radius 3 is 2.23 bits per heavy atom. The molecule has 188 valence electrons. The van der Waals surface area contributed by atoms with Crippen LogP contribution in [-0.2, 0) is 4.79 Å². The number of carboxylic acids is 2. The molecule has 0 aliphatic heterocycles. The first kappa shape index (κ1) is 22.6. The summed E-state index contributed by atoms with van der Waals surface area (Å²) in [5.41, 5.74) is 1.83. The molecule has 5 heteroatoms. The molecule has 6 aliphatic carbocycles. The van der Waals surface area contributed by atoms with Gasteiger partial charge >= 0.3 is 11.9 Å². The summed E-state index contributed by atoms with van der Waals surface area (Å²) in [4.78, 5) is 25.7.